The standard InChI is InChI=1S/C12H23N2O5P/c1-2-3-6-10(13)20(17,18)8-11(15)19-12(16)9-5-4-7-14-9/h9-10,14H,2-8,13H2,1H3,(H,17,18)/t9-,10?/m0/s1. The summed E-state index contributed by atoms with van der Waals surface area (Å²) < 4.78 is 16.5. The van der Waals surface area contributed by atoms with Crippen molar-refractivity contribution in [3.8, 4) is 0 Å². The SMILES string of the molecule is CCCCC(N)P(=O)(O)CC(=O)OC(=O)[C@@H]1CCCN1. The van der Waals surface area contributed by atoms with Gasteiger partial charge in [0.05, 0.1) is 5.78 Å². The molecular weight excluding hydrogens is 283 g/mol. The molecule has 8 heteroatoms. The van der Waals surface area contributed by atoms with E-state index >= 15 is 0 Å². The van der Waals surface area contributed by atoms with Gasteiger partial charge in [0.25, 0.3) is 0 Å². The summed E-state index contributed by atoms with van der Waals surface area (Å²) in [6.45, 7) is 2.64. The molecule has 2 unspecified atom stereocenters. The molecule has 0 amide bonds. The number of unbranched alkanes of at least 4 members (excludes halogenated alkanes) is 1. The van der Waals surface area contributed by atoms with Crippen molar-refractivity contribution in [2.24, 2.45) is 5.73 Å². The number of hydrogen-bond donors (Lipinski definition) is 3. The van der Waals surface area contributed by atoms with Gasteiger partial charge in [-0.1, -0.05) is 19.8 Å². The highest BCUT2D eigenvalue weighted by molar-refractivity contribution is 7.59. The van der Waals surface area contributed by atoms with E-state index in [2.05, 4.69) is 10.1 Å². The maximum Gasteiger partial charge on any atom is 0.330 e. The average Bonchev–Trinajstić information content (AvgIpc) is 2.88. The lowest BCUT2D eigenvalue weighted by atomic mass is 10.2. The second-order valence-electron chi connectivity index (χ2n) is 5.07. The van der Waals surface area contributed by atoms with Crippen molar-refractivity contribution in [2.45, 2.75) is 50.9 Å². The van der Waals surface area contributed by atoms with Crippen LogP contribution in [0.3, 0.4) is 0 Å². The topological polar surface area (TPSA) is 119 Å². The van der Waals surface area contributed by atoms with Gasteiger partial charge in [-0.25, -0.2) is 4.79 Å². The summed E-state index contributed by atoms with van der Waals surface area (Å²) in [6.07, 6.45) is 2.68. The maximum absolute atomic E-state index is 11.9. The van der Waals surface area contributed by atoms with Crippen LogP contribution in [0.5, 0.6) is 0 Å². The number of rotatable bonds is 7. The molecule has 0 aromatic heterocycles. The Balaban J connectivity index is 2.43. The third kappa shape index (κ3) is 5.32. The molecule has 116 valence electrons. The molecular formula is C12H23N2O5P. The van der Waals surface area contributed by atoms with E-state index in [-0.39, 0.29) is 0 Å². The molecule has 1 heterocycles. The fraction of sp³-hybridized carbons (Fsp3) is 0.833. The van der Waals surface area contributed by atoms with Gasteiger partial charge in [-0.05, 0) is 25.8 Å². The first kappa shape index (κ1) is 17.3. The lowest BCUT2D eigenvalue weighted by molar-refractivity contribution is -0.159. The largest absolute Gasteiger partial charge is 0.392 e. The van der Waals surface area contributed by atoms with Gasteiger partial charge >= 0.3 is 11.9 Å². The van der Waals surface area contributed by atoms with E-state index in [9.17, 15) is 19.0 Å². The van der Waals surface area contributed by atoms with Crippen LogP contribution in [0.2, 0.25) is 0 Å². The van der Waals surface area contributed by atoms with Crippen molar-refractivity contribution >= 4 is 19.3 Å². The minimum absolute atomic E-state index is 0.371. The minimum Gasteiger partial charge on any atom is -0.392 e. The van der Waals surface area contributed by atoms with Crippen LogP contribution in [0.4, 0.5) is 0 Å². The Morgan fingerprint density at radius 1 is 1.55 bits per heavy atom. The molecule has 0 aromatic carbocycles. The van der Waals surface area contributed by atoms with Crippen LogP contribution in [0.25, 0.3) is 0 Å². The lowest BCUT2D eigenvalue weighted by Crippen LogP contribution is -2.35. The van der Waals surface area contributed by atoms with Gasteiger partial charge in [-0.3, -0.25) is 9.36 Å². The van der Waals surface area contributed by atoms with Crippen LogP contribution < -0.4 is 11.1 Å². The molecule has 0 spiro atoms. The van der Waals surface area contributed by atoms with E-state index in [1.165, 1.54) is 0 Å². The molecule has 1 aliphatic rings. The highest BCUT2D eigenvalue weighted by Crippen LogP contribution is 2.45. The Kier molecular flexibility index (Phi) is 6.82. The van der Waals surface area contributed by atoms with E-state index < -0.39 is 37.3 Å². The van der Waals surface area contributed by atoms with Gasteiger partial charge in [0, 0.05) is 0 Å². The molecule has 0 radical (unpaired) electrons. The predicted octanol–water partition coefficient (Wildman–Crippen LogP) is 0.554. The molecule has 7 nitrogen and oxygen atoms in total. The zero-order valence-corrected chi connectivity index (χ0v) is 12.6. The van der Waals surface area contributed by atoms with Gasteiger partial charge in [-0.2, -0.15) is 0 Å². The highest BCUT2D eigenvalue weighted by atomic mass is 31.2. The van der Waals surface area contributed by atoms with Gasteiger partial charge in [-0.15, -0.1) is 0 Å². The van der Waals surface area contributed by atoms with E-state index in [1.807, 2.05) is 6.92 Å². The van der Waals surface area contributed by atoms with Crippen LogP contribution in [-0.2, 0) is 18.9 Å². The van der Waals surface area contributed by atoms with Crippen LogP contribution in [0.1, 0.15) is 39.0 Å². The Morgan fingerprint density at radius 2 is 2.25 bits per heavy atom. The zero-order valence-electron chi connectivity index (χ0n) is 11.7. The first-order valence-corrected chi connectivity index (χ1v) is 8.83. The van der Waals surface area contributed by atoms with E-state index in [4.69, 9.17) is 5.73 Å². The Hall–Kier alpha value is -0.750. The third-order valence-corrected chi connectivity index (χ3v) is 5.29. The normalized spacial score (nSPS) is 23.1. The fourth-order valence-electron chi connectivity index (χ4n) is 2.02. The Morgan fingerprint density at radius 3 is 2.80 bits per heavy atom. The van der Waals surface area contributed by atoms with Crippen LogP contribution >= 0.6 is 7.37 Å². The summed E-state index contributed by atoms with van der Waals surface area (Å²) in [6, 6.07) is -0.495. The number of nitrogens with two attached hydrogens (primary N) is 1. The van der Waals surface area contributed by atoms with Crippen molar-refractivity contribution in [3.05, 3.63) is 0 Å². The summed E-state index contributed by atoms with van der Waals surface area (Å²) in [5.74, 6) is -2.62. The van der Waals surface area contributed by atoms with E-state index in [0.717, 1.165) is 12.8 Å². The summed E-state index contributed by atoms with van der Waals surface area (Å²) in [5.41, 5.74) is 5.62. The first-order chi connectivity index (χ1) is 9.36. The number of carbonyl (C=O) groups excluding carboxylic acids is 2. The minimum atomic E-state index is -3.83. The number of hydrogen-bond acceptors (Lipinski definition) is 6. The summed E-state index contributed by atoms with van der Waals surface area (Å²) in [4.78, 5) is 32.9. The Labute approximate surface area is 118 Å². The predicted molar refractivity (Wildman–Crippen MR) is 74.3 cm³/mol. The molecule has 1 saturated heterocycles. The van der Waals surface area contributed by atoms with Crippen molar-refractivity contribution in [1.82, 2.24) is 5.32 Å². The second-order valence-corrected chi connectivity index (χ2v) is 7.56. The first-order valence-electron chi connectivity index (χ1n) is 6.91. The van der Waals surface area contributed by atoms with Crippen molar-refractivity contribution in [1.29, 1.82) is 0 Å². The van der Waals surface area contributed by atoms with Gasteiger partial charge in [0.2, 0.25) is 7.37 Å². The second kappa shape index (κ2) is 7.88. The van der Waals surface area contributed by atoms with Crippen LogP contribution in [-0.4, -0.2) is 41.4 Å². The van der Waals surface area contributed by atoms with Crippen molar-refractivity contribution < 1.29 is 23.8 Å². The van der Waals surface area contributed by atoms with Crippen LogP contribution in [0, 0.1) is 0 Å². The van der Waals surface area contributed by atoms with Gasteiger partial charge in [0.1, 0.15) is 12.2 Å². The lowest BCUT2D eigenvalue weighted by Gasteiger charge is -2.18. The molecule has 4 N–H and O–H groups in total. The fourth-order valence-corrected chi connectivity index (χ4v) is 3.27. The molecule has 0 saturated carbocycles. The number of esters is 2. The van der Waals surface area contributed by atoms with Gasteiger partial charge in [0.15, 0.2) is 0 Å². The Bertz CT molecular complexity index is 395. The quantitative estimate of drug-likeness (QED) is 0.357. The van der Waals surface area contributed by atoms with Crippen LogP contribution in [0.15, 0.2) is 0 Å². The van der Waals surface area contributed by atoms with E-state index in [0.29, 0.717) is 25.8 Å². The molecule has 1 fully saturated rings. The molecule has 1 aliphatic heterocycles. The highest BCUT2D eigenvalue weighted by Gasteiger charge is 2.33. The average molecular weight is 306 g/mol. The van der Waals surface area contributed by atoms with Gasteiger partial charge < -0.3 is 20.7 Å². The summed E-state index contributed by atoms with van der Waals surface area (Å²) in [5, 5.41) is 2.89. The monoisotopic (exact) mass is 306 g/mol. The summed E-state index contributed by atoms with van der Waals surface area (Å²) in [7, 11) is -3.83. The zero-order chi connectivity index (χ0) is 15.2. The molecule has 0 aliphatic carbocycles. The van der Waals surface area contributed by atoms with E-state index in [1.54, 1.807) is 0 Å². The summed E-state index contributed by atoms with van der Waals surface area (Å²) >= 11 is 0. The number of nitrogens with one attached hydrogen (secondary N) is 1. The third-order valence-electron chi connectivity index (χ3n) is 3.29. The molecule has 3 atom stereocenters. The number of ether oxygens (including phenoxy) is 1. The number of carbonyl (C=O) groups is 2. The smallest absolute Gasteiger partial charge is 0.330 e. The van der Waals surface area contributed by atoms with Crippen molar-refractivity contribution in [2.75, 3.05) is 12.7 Å². The molecule has 0 bridgehead atoms. The van der Waals surface area contributed by atoms with Crippen molar-refractivity contribution in [3.63, 3.8) is 0 Å². The molecule has 20 heavy (non-hydrogen) atoms. The maximum atomic E-state index is 11.9. The molecule has 0 aromatic rings. The molecule has 1 rings (SSSR count).